The molecule has 0 aliphatic heterocycles. The van der Waals surface area contributed by atoms with Gasteiger partial charge in [-0.1, -0.05) is 0 Å². The molecule has 23 heavy (non-hydrogen) atoms. The van der Waals surface area contributed by atoms with Crippen molar-refractivity contribution in [2.45, 2.75) is 19.8 Å². The van der Waals surface area contributed by atoms with Crippen molar-refractivity contribution in [1.82, 2.24) is 0 Å². The zero-order valence-corrected chi connectivity index (χ0v) is 13.5. The number of fused-ring (bicyclic) bond motifs is 3. The number of hydrogen-bond donors (Lipinski definition) is 0. The Labute approximate surface area is 136 Å². The van der Waals surface area contributed by atoms with Gasteiger partial charge in [0.2, 0.25) is 0 Å². The molecule has 120 valence electrons. The smallest absolute Gasteiger partial charge is 0.182 e. The zero-order chi connectivity index (χ0) is 16.0. The van der Waals surface area contributed by atoms with Crippen molar-refractivity contribution in [3.05, 3.63) is 35.9 Å². The van der Waals surface area contributed by atoms with Gasteiger partial charge < -0.3 is 9.47 Å². The van der Waals surface area contributed by atoms with E-state index >= 15 is 0 Å². The second-order valence-electron chi connectivity index (χ2n) is 5.80. The average Bonchev–Trinajstić information content (AvgIpc) is 3.29. The predicted molar refractivity (Wildman–Crippen MR) is 88.6 cm³/mol. The highest BCUT2D eigenvalue weighted by molar-refractivity contribution is 7.25. The second kappa shape index (κ2) is 5.64. The lowest BCUT2D eigenvalue weighted by atomic mass is 10.1. The molecule has 0 N–H and O–H groups in total. The van der Waals surface area contributed by atoms with Crippen LogP contribution in [0.2, 0.25) is 0 Å². The van der Waals surface area contributed by atoms with E-state index in [1.54, 1.807) is 31.2 Å². The fourth-order valence-corrected chi connectivity index (χ4v) is 3.83. The summed E-state index contributed by atoms with van der Waals surface area (Å²) in [6.45, 7) is 2.74. The maximum atomic E-state index is 14.7. The summed E-state index contributed by atoms with van der Waals surface area (Å²) >= 11 is 1.11. The maximum absolute atomic E-state index is 14.7. The van der Waals surface area contributed by atoms with Crippen molar-refractivity contribution >= 4 is 31.5 Å². The van der Waals surface area contributed by atoms with Crippen LogP contribution in [-0.4, -0.2) is 13.2 Å². The normalized spacial score (nSPS) is 14.6. The molecule has 0 bridgehead atoms. The Morgan fingerprint density at radius 2 is 1.52 bits per heavy atom. The lowest BCUT2D eigenvalue weighted by Gasteiger charge is -2.06. The van der Waals surface area contributed by atoms with Gasteiger partial charge >= 0.3 is 0 Å². The Balaban J connectivity index is 1.82. The number of halogens is 2. The van der Waals surface area contributed by atoms with Gasteiger partial charge in [0.05, 0.1) is 22.6 Å². The van der Waals surface area contributed by atoms with E-state index in [9.17, 15) is 8.78 Å². The standard InChI is InChI=1S/C18H16F2O2S/c1-2-21-13-7-5-11-12-6-8-14(22-9-10-3-4-10)16(20)18(12)23-17(11)15(13)19/h5-8,10H,2-4,9H2,1H3. The van der Waals surface area contributed by atoms with Crippen molar-refractivity contribution in [2.75, 3.05) is 13.2 Å². The molecule has 3 aromatic rings. The van der Waals surface area contributed by atoms with E-state index in [1.165, 1.54) is 0 Å². The van der Waals surface area contributed by atoms with Crippen LogP contribution in [-0.2, 0) is 0 Å². The summed E-state index contributed by atoms with van der Waals surface area (Å²) in [5.74, 6) is 0.185. The number of hydrogen-bond acceptors (Lipinski definition) is 3. The molecule has 1 saturated carbocycles. The first-order valence-electron chi connectivity index (χ1n) is 7.78. The SMILES string of the molecule is CCOc1ccc2c(sc3c(F)c(OCC4CC4)ccc32)c1F. The number of benzene rings is 2. The van der Waals surface area contributed by atoms with Gasteiger partial charge in [-0.15, -0.1) is 11.3 Å². The van der Waals surface area contributed by atoms with Crippen LogP contribution < -0.4 is 9.47 Å². The second-order valence-corrected chi connectivity index (χ2v) is 6.82. The fourth-order valence-electron chi connectivity index (χ4n) is 2.67. The van der Waals surface area contributed by atoms with E-state index in [0.29, 0.717) is 39.3 Å². The van der Waals surface area contributed by atoms with Gasteiger partial charge in [-0.2, -0.15) is 0 Å². The molecule has 1 aliphatic rings. The minimum Gasteiger partial charge on any atom is -0.491 e. The summed E-state index contributed by atoms with van der Waals surface area (Å²) in [5, 5.41) is 1.42. The number of thiophene rings is 1. The third-order valence-electron chi connectivity index (χ3n) is 4.09. The highest BCUT2D eigenvalue weighted by Crippen LogP contribution is 2.42. The molecule has 0 spiro atoms. The first-order valence-corrected chi connectivity index (χ1v) is 8.59. The lowest BCUT2D eigenvalue weighted by molar-refractivity contribution is 0.286. The quantitative estimate of drug-likeness (QED) is 0.611. The van der Waals surface area contributed by atoms with Crippen molar-refractivity contribution < 1.29 is 18.3 Å². The van der Waals surface area contributed by atoms with Crippen LogP contribution in [0.15, 0.2) is 24.3 Å². The Hall–Kier alpha value is -1.88. The Kier molecular flexibility index (Phi) is 3.60. The molecule has 2 aromatic carbocycles. The average molecular weight is 334 g/mol. The van der Waals surface area contributed by atoms with E-state index in [0.717, 1.165) is 24.2 Å². The highest BCUT2D eigenvalue weighted by Gasteiger charge is 2.23. The van der Waals surface area contributed by atoms with Crippen LogP contribution in [0.1, 0.15) is 19.8 Å². The van der Waals surface area contributed by atoms with Crippen molar-refractivity contribution in [3.8, 4) is 11.5 Å². The molecule has 1 aromatic heterocycles. The molecule has 1 fully saturated rings. The summed E-state index contributed by atoms with van der Waals surface area (Å²) < 4.78 is 40.9. The molecular weight excluding hydrogens is 318 g/mol. The van der Waals surface area contributed by atoms with Crippen molar-refractivity contribution in [3.63, 3.8) is 0 Å². The molecule has 0 unspecified atom stereocenters. The van der Waals surface area contributed by atoms with Gasteiger partial charge in [0, 0.05) is 10.8 Å². The van der Waals surface area contributed by atoms with Gasteiger partial charge in [-0.3, -0.25) is 0 Å². The summed E-state index contributed by atoms with van der Waals surface area (Å²) in [6.07, 6.45) is 2.30. The van der Waals surface area contributed by atoms with Crippen LogP contribution in [0.4, 0.5) is 8.78 Å². The van der Waals surface area contributed by atoms with Crippen LogP contribution in [0, 0.1) is 17.6 Å². The van der Waals surface area contributed by atoms with E-state index in [2.05, 4.69) is 0 Å². The largest absolute Gasteiger partial charge is 0.491 e. The van der Waals surface area contributed by atoms with Crippen LogP contribution in [0.5, 0.6) is 11.5 Å². The molecule has 1 aliphatic carbocycles. The molecule has 4 rings (SSSR count). The van der Waals surface area contributed by atoms with E-state index in [4.69, 9.17) is 9.47 Å². The maximum Gasteiger partial charge on any atom is 0.182 e. The van der Waals surface area contributed by atoms with Crippen molar-refractivity contribution in [2.24, 2.45) is 5.92 Å². The van der Waals surface area contributed by atoms with E-state index in [-0.39, 0.29) is 11.5 Å². The molecule has 0 radical (unpaired) electrons. The summed E-state index contributed by atoms with van der Waals surface area (Å²) in [4.78, 5) is 0. The number of rotatable bonds is 5. The minimum atomic E-state index is -0.426. The number of ether oxygens (including phenoxy) is 2. The van der Waals surface area contributed by atoms with Crippen LogP contribution >= 0.6 is 11.3 Å². The van der Waals surface area contributed by atoms with Crippen LogP contribution in [0.25, 0.3) is 20.2 Å². The molecule has 0 amide bonds. The molecule has 0 saturated heterocycles. The van der Waals surface area contributed by atoms with Gasteiger partial charge in [0.25, 0.3) is 0 Å². The molecular formula is C18H16F2O2S. The predicted octanol–water partition coefficient (Wildman–Crippen LogP) is 5.52. The molecule has 5 heteroatoms. The topological polar surface area (TPSA) is 18.5 Å². The van der Waals surface area contributed by atoms with Crippen LogP contribution in [0.3, 0.4) is 0 Å². The zero-order valence-electron chi connectivity index (χ0n) is 12.7. The Morgan fingerprint density at radius 1 is 0.957 bits per heavy atom. The first kappa shape index (κ1) is 14.7. The lowest BCUT2D eigenvalue weighted by Crippen LogP contribution is -2.00. The third kappa shape index (κ3) is 2.53. The molecule has 1 heterocycles. The monoisotopic (exact) mass is 334 g/mol. The van der Waals surface area contributed by atoms with Gasteiger partial charge in [-0.05, 0) is 49.9 Å². The molecule has 2 nitrogen and oxygen atoms in total. The summed E-state index contributed by atoms with van der Waals surface area (Å²) in [5.41, 5.74) is 0. The third-order valence-corrected chi connectivity index (χ3v) is 5.30. The summed E-state index contributed by atoms with van der Waals surface area (Å²) in [6, 6.07) is 6.83. The van der Waals surface area contributed by atoms with E-state index in [1.807, 2.05) is 0 Å². The Morgan fingerprint density at radius 3 is 2.04 bits per heavy atom. The molecule has 0 atom stereocenters. The summed E-state index contributed by atoms with van der Waals surface area (Å²) in [7, 11) is 0. The Bertz CT molecular complexity index is 884. The fraction of sp³-hybridized carbons (Fsp3) is 0.333. The van der Waals surface area contributed by atoms with Gasteiger partial charge in [-0.25, -0.2) is 8.78 Å². The highest BCUT2D eigenvalue weighted by atomic mass is 32.1. The van der Waals surface area contributed by atoms with Gasteiger partial charge in [0.15, 0.2) is 23.1 Å². The van der Waals surface area contributed by atoms with Gasteiger partial charge in [0.1, 0.15) is 0 Å². The minimum absolute atomic E-state index is 0.206. The first-order chi connectivity index (χ1) is 11.2. The van der Waals surface area contributed by atoms with Crippen molar-refractivity contribution in [1.29, 1.82) is 0 Å². The van der Waals surface area contributed by atoms with E-state index < -0.39 is 11.6 Å².